The summed E-state index contributed by atoms with van der Waals surface area (Å²) in [5.41, 5.74) is 1.54. The first-order valence-corrected chi connectivity index (χ1v) is 6.78. The van der Waals surface area contributed by atoms with Crippen LogP contribution in [0.3, 0.4) is 0 Å². The van der Waals surface area contributed by atoms with E-state index in [9.17, 15) is 5.11 Å². The standard InChI is InChI=1S/C15H21NO/c17-13-10-14(12-6-2-1-3-7-12)16-15(11-13)8-4-5-9-15/h1-3,6-7,13-14,16-17H,4-5,8-11H2/t13-,14-/m0/s1. The van der Waals surface area contributed by atoms with Crippen molar-refractivity contribution >= 4 is 0 Å². The molecule has 1 aliphatic carbocycles. The van der Waals surface area contributed by atoms with Gasteiger partial charge in [0.2, 0.25) is 0 Å². The Morgan fingerprint density at radius 2 is 1.82 bits per heavy atom. The number of benzene rings is 1. The van der Waals surface area contributed by atoms with Crippen LogP contribution in [0.2, 0.25) is 0 Å². The fourth-order valence-corrected chi connectivity index (χ4v) is 3.60. The lowest BCUT2D eigenvalue weighted by Crippen LogP contribution is -2.52. The molecule has 2 heteroatoms. The van der Waals surface area contributed by atoms with Gasteiger partial charge in [0, 0.05) is 11.6 Å². The highest BCUT2D eigenvalue weighted by Crippen LogP contribution is 2.41. The zero-order valence-corrected chi connectivity index (χ0v) is 10.2. The van der Waals surface area contributed by atoms with Gasteiger partial charge in [-0.05, 0) is 31.2 Å². The number of aliphatic hydroxyl groups is 1. The summed E-state index contributed by atoms with van der Waals surface area (Å²) in [6.07, 6.45) is 6.73. The van der Waals surface area contributed by atoms with Crippen LogP contribution in [0.5, 0.6) is 0 Å². The zero-order valence-electron chi connectivity index (χ0n) is 10.2. The Hall–Kier alpha value is -0.860. The monoisotopic (exact) mass is 231 g/mol. The van der Waals surface area contributed by atoms with Crippen LogP contribution in [0.4, 0.5) is 0 Å². The maximum atomic E-state index is 10.1. The van der Waals surface area contributed by atoms with Gasteiger partial charge in [0.05, 0.1) is 6.10 Å². The van der Waals surface area contributed by atoms with E-state index >= 15 is 0 Å². The summed E-state index contributed by atoms with van der Waals surface area (Å²) in [5, 5.41) is 13.9. The Balaban J connectivity index is 1.82. The highest BCUT2D eigenvalue weighted by atomic mass is 16.3. The molecule has 0 unspecified atom stereocenters. The number of aliphatic hydroxyl groups excluding tert-OH is 1. The molecule has 0 radical (unpaired) electrons. The molecule has 0 aromatic heterocycles. The van der Waals surface area contributed by atoms with Gasteiger partial charge in [0.15, 0.2) is 0 Å². The van der Waals surface area contributed by atoms with Crippen LogP contribution < -0.4 is 5.32 Å². The lowest BCUT2D eigenvalue weighted by atomic mass is 9.81. The van der Waals surface area contributed by atoms with Gasteiger partial charge in [-0.1, -0.05) is 43.2 Å². The van der Waals surface area contributed by atoms with Crippen LogP contribution in [-0.2, 0) is 0 Å². The molecule has 3 rings (SSSR count). The summed E-state index contributed by atoms with van der Waals surface area (Å²) in [4.78, 5) is 0. The third-order valence-corrected chi connectivity index (χ3v) is 4.38. The van der Waals surface area contributed by atoms with E-state index in [0.717, 1.165) is 12.8 Å². The normalized spacial score (nSPS) is 31.8. The SMILES string of the molecule is O[C@H]1C[C@@H](c2ccccc2)NC2(CCCC2)C1. The lowest BCUT2D eigenvalue weighted by Gasteiger charge is -2.42. The van der Waals surface area contributed by atoms with Gasteiger partial charge < -0.3 is 10.4 Å². The first-order chi connectivity index (χ1) is 8.27. The van der Waals surface area contributed by atoms with E-state index in [2.05, 4.69) is 29.6 Å². The zero-order chi connectivity index (χ0) is 11.7. The molecule has 1 aromatic rings. The van der Waals surface area contributed by atoms with Gasteiger partial charge in [0.25, 0.3) is 0 Å². The average molecular weight is 231 g/mol. The summed E-state index contributed by atoms with van der Waals surface area (Å²) < 4.78 is 0. The summed E-state index contributed by atoms with van der Waals surface area (Å²) in [5.74, 6) is 0. The van der Waals surface area contributed by atoms with Crippen molar-refractivity contribution in [1.82, 2.24) is 5.32 Å². The summed E-state index contributed by atoms with van der Waals surface area (Å²) in [6, 6.07) is 10.9. The van der Waals surface area contributed by atoms with Crippen molar-refractivity contribution in [2.24, 2.45) is 0 Å². The Kier molecular flexibility index (Phi) is 2.93. The largest absolute Gasteiger partial charge is 0.393 e. The van der Waals surface area contributed by atoms with Crippen LogP contribution in [-0.4, -0.2) is 16.7 Å². The van der Waals surface area contributed by atoms with Crippen molar-refractivity contribution in [1.29, 1.82) is 0 Å². The Morgan fingerprint density at radius 3 is 2.53 bits per heavy atom. The molecular weight excluding hydrogens is 210 g/mol. The predicted molar refractivity (Wildman–Crippen MR) is 68.8 cm³/mol. The van der Waals surface area contributed by atoms with Crippen molar-refractivity contribution in [3.8, 4) is 0 Å². The molecule has 2 atom stereocenters. The third-order valence-electron chi connectivity index (χ3n) is 4.38. The van der Waals surface area contributed by atoms with Crippen LogP contribution in [0.25, 0.3) is 0 Å². The van der Waals surface area contributed by atoms with E-state index in [-0.39, 0.29) is 11.6 Å². The minimum absolute atomic E-state index is 0.139. The van der Waals surface area contributed by atoms with Gasteiger partial charge in [-0.3, -0.25) is 0 Å². The number of nitrogens with one attached hydrogen (secondary N) is 1. The first kappa shape index (κ1) is 11.2. The molecule has 2 fully saturated rings. The quantitative estimate of drug-likeness (QED) is 0.779. The maximum absolute atomic E-state index is 10.1. The summed E-state index contributed by atoms with van der Waals surface area (Å²) in [6.45, 7) is 0. The van der Waals surface area contributed by atoms with Crippen LogP contribution in [0.15, 0.2) is 30.3 Å². The molecule has 0 bridgehead atoms. The second-order valence-corrected chi connectivity index (χ2v) is 5.69. The second kappa shape index (κ2) is 4.43. The minimum Gasteiger partial charge on any atom is -0.393 e. The van der Waals surface area contributed by atoms with Crippen molar-refractivity contribution < 1.29 is 5.11 Å². The molecule has 1 aromatic carbocycles. The first-order valence-electron chi connectivity index (χ1n) is 6.78. The van der Waals surface area contributed by atoms with E-state index in [1.165, 1.54) is 31.2 Å². The van der Waals surface area contributed by atoms with E-state index in [1.54, 1.807) is 0 Å². The second-order valence-electron chi connectivity index (χ2n) is 5.69. The number of hydrogen-bond donors (Lipinski definition) is 2. The molecular formula is C15H21NO. The van der Waals surface area contributed by atoms with Crippen LogP contribution >= 0.6 is 0 Å². The minimum atomic E-state index is -0.139. The molecule has 1 saturated heterocycles. The maximum Gasteiger partial charge on any atom is 0.0576 e. The number of piperidine rings is 1. The molecule has 2 N–H and O–H groups in total. The number of hydrogen-bond acceptors (Lipinski definition) is 2. The van der Waals surface area contributed by atoms with Gasteiger partial charge in [-0.2, -0.15) is 0 Å². The summed E-state index contributed by atoms with van der Waals surface area (Å²) in [7, 11) is 0. The highest BCUT2D eigenvalue weighted by Gasteiger charge is 2.41. The fourth-order valence-electron chi connectivity index (χ4n) is 3.60. The smallest absolute Gasteiger partial charge is 0.0576 e. The predicted octanol–water partition coefficient (Wildman–Crippen LogP) is 2.78. The third kappa shape index (κ3) is 2.24. The average Bonchev–Trinajstić information content (AvgIpc) is 2.77. The molecule has 2 nitrogen and oxygen atoms in total. The van der Waals surface area contributed by atoms with Crippen molar-refractivity contribution in [3.63, 3.8) is 0 Å². The molecule has 0 amide bonds. The van der Waals surface area contributed by atoms with E-state index in [1.807, 2.05) is 6.07 Å². The van der Waals surface area contributed by atoms with Gasteiger partial charge >= 0.3 is 0 Å². The molecule has 1 aliphatic heterocycles. The summed E-state index contributed by atoms with van der Waals surface area (Å²) >= 11 is 0. The number of rotatable bonds is 1. The highest BCUT2D eigenvalue weighted by molar-refractivity contribution is 5.21. The van der Waals surface area contributed by atoms with E-state index < -0.39 is 0 Å². The fraction of sp³-hybridized carbons (Fsp3) is 0.600. The molecule has 1 saturated carbocycles. The van der Waals surface area contributed by atoms with E-state index in [4.69, 9.17) is 0 Å². The van der Waals surface area contributed by atoms with Crippen molar-refractivity contribution in [2.75, 3.05) is 0 Å². The van der Waals surface area contributed by atoms with Crippen molar-refractivity contribution in [2.45, 2.75) is 56.2 Å². The van der Waals surface area contributed by atoms with Crippen LogP contribution in [0.1, 0.15) is 50.1 Å². The Morgan fingerprint density at radius 1 is 1.12 bits per heavy atom. The van der Waals surface area contributed by atoms with Crippen LogP contribution in [0, 0.1) is 0 Å². The topological polar surface area (TPSA) is 32.3 Å². The molecule has 17 heavy (non-hydrogen) atoms. The van der Waals surface area contributed by atoms with Gasteiger partial charge in [-0.25, -0.2) is 0 Å². The molecule has 92 valence electrons. The molecule has 1 heterocycles. The molecule has 1 spiro atoms. The van der Waals surface area contributed by atoms with Gasteiger partial charge in [0.1, 0.15) is 0 Å². The molecule has 2 aliphatic rings. The Bertz CT molecular complexity index is 370. The Labute approximate surface area is 103 Å². The van der Waals surface area contributed by atoms with E-state index in [0.29, 0.717) is 6.04 Å². The van der Waals surface area contributed by atoms with Gasteiger partial charge in [-0.15, -0.1) is 0 Å². The lowest BCUT2D eigenvalue weighted by molar-refractivity contribution is 0.0547. The van der Waals surface area contributed by atoms with Crippen molar-refractivity contribution in [3.05, 3.63) is 35.9 Å².